The summed E-state index contributed by atoms with van der Waals surface area (Å²) in [6, 6.07) is 13.5. The fraction of sp³-hybridized carbons (Fsp3) is 0.0833. The molecule has 1 aromatic carbocycles. The number of nitrogens with zero attached hydrogens (tertiary/aromatic N) is 1. The minimum absolute atomic E-state index is 0.347. The van der Waals surface area contributed by atoms with E-state index in [4.69, 9.17) is 9.68 Å². The molecule has 0 aliphatic rings. The Morgan fingerprint density at radius 3 is 2.56 bits per heavy atom. The van der Waals surface area contributed by atoms with E-state index < -0.39 is 0 Å². The zero-order valence-corrected chi connectivity index (χ0v) is 10.6. The smallest absolute Gasteiger partial charge is 0.203 e. The van der Waals surface area contributed by atoms with Crippen LogP contribution in [0.5, 0.6) is 0 Å². The van der Waals surface area contributed by atoms with Gasteiger partial charge in [0.15, 0.2) is 0 Å². The molecule has 3 nitrogen and oxygen atoms in total. The molecule has 0 unspecified atom stereocenters. The second-order valence-corrected chi connectivity index (χ2v) is 4.48. The molecule has 0 bridgehead atoms. The molecule has 4 heteroatoms. The van der Waals surface area contributed by atoms with Crippen LogP contribution in [0.3, 0.4) is 0 Å². The minimum atomic E-state index is 0.347. The van der Waals surface area contributed by atoms with Gasteiger partial charge in [0.05, 0.1) is 6.54 Å². The van der Waals surface area contributed by atoms with Crippen molar-refractivity contribution in [1.82, 2.24) is 0 Å². The summed E-state index contributed by atoms with van der Waals surface area (Å²) in [4.78, 5) is 0. The van der Waals surface area contributed by atoms with Crippen LogP contribution in [0.4, 0.5) is 5.69 Å². The summed E-state index contributed by atoms with van der Waals surface area (Å²) in [6.07, 6.45) is 0. The van der Waals surface area contributed by atoms with Crippen LogP contribution in [0.1, 0.15) is 11.5 Å². The molecule has 0 amide bonds. The summed E-state index contributed by atoms with van der Waals surface area (Å²) in [7, 11) is 0. The average molecular weight is 324 g/mol. The van der Waals surface area contributed by atoms with Crippen LogP contribution in [0.2, 0.25) is 0 Å². The molecule has 1 heterocycles. The van der Waals surface area contributed by atoms with E-state index in [1.807, 2.05) is 30.3 Å². The van der Waals surface area contributed by atoms with Crippen LogP contribution in [0.25, 0.3) is 0 Å². The number of hydrogen-bond donors (Lipinski definition) is 1. The molecule has 1 aromatic heterocycles. The van der Waals surface area contributed by atoms with E-state index in [0.717, 1.165) is 11.4 Å². The van der Waals surface area contributed by atoms with Crippen molar-refractivity contribution < 1.29 is 4.42 Å². The molecule has 0 spiro atoms. The van der Waals surface area contributed by atoms with Gasteiger partial charge < -0.3 is 9.73 Å². The van der Waals surface area contributed by atoms with Crippen molar-refractivity contribution in [1.29, 1.82) is 5.26 Å². The first-order valence-corrected chi connectivity index (χ1v) is 5.84. The zero-order valence-electron chi connectivity index (χ0n) is 8.40. The Kier molecular flexibility index (Phi) is 3.47. The molecule has 2 aromatic rings. The van der Waals surface area contributed by atoms with Gasteiger partial charge in [-0.3, -0.25) is 0 Å². The van der Waals surface area contributed by atoms with E-state index >= 15 is 0 Å². The van der Waals surface area contributed by atoms with Crippen LogP contribution < -0.4 is 5.32 Å². The summed E-state index contributed by atoms with van der Waals surface area (Å²) < 4.78 is 6.45. The molecule has 0 saturated heterocycles. The van der Waals surface area contributed by atoms with Crippen LogP contribution in [-0.2, 0) is 6.54 Å². The number of nitriles is 1. The number of benzene rings is 1. The highest BCUT2D eigenvalue weighted by atomic mass is 127. The minimum Gasteiger partial charge on any atom is -0.449 e. The van der Waals surface area contributed by atoms with Crippen molar-refractivity contribution in [3.8, 4) is 6.07 Å². The number of anilines is 1. The molecular weight excluding hydrogens is 315 g/mol. The highest BCUT2D eigenvalue weighted by Crippen LogP contribution is 2.13. The lowest BCUT2D eigenvalue weighted by atomic mass is 10.3. The summed E-state index contributed by atoms with van der Waals surface area (Å²) in [5, 5.41) is 11.8. The van der Waals surface area contributed by atoms with Gasteiger partial charge in [0.2, 0.25) is 5.76 Å². The van der Waals surface area contributed by atoms with E-state index in [9.17, 15) is 0 Å². The van der Waals surface area contributed by atoms with Gasteiger partial charge in [0, 0.05) is 9.26 Å². The number of furan rings is 1. The van der Waals surface area contributed by atoms with Crippen LogP contribution in [0, 0.1) is 14.9 Å². The maximum absolute atomic E-state index is 8.60. The van der Waals surface area contributed by atoms with Gasteiger partial charge in [0.25, 0.3) is 0 Å². The third-order valence-corrected chi connectivity index (χ3v) is 2.80. The van der Waals surface area contributed by atoms with Crippen molar-refractivity contribution in [2.45, 2.75) is 6.54 Å². The number of nitrogens with one attached hydrogen (secondary N) is 1. The molecule has 0 fully saturated rings. The summed E-state index contributed by atoms with van der Waals surface area (Å²) in [6.45, 7) is 0.586. The largest absolute Gasteiger partial charge is 0.449 e. The molecular formula is C12H9IN2O. The second kappa shape index (κ2) is 5.03. The Balaban J connectivity index is 1.97. The third-order valence-electron chi connectivity index (χ3n) is 2.08. The SMILES string of the molecule is N#Cc1ccc(CNc2ccc(I)cc2)o1. The van der Waals surface area contributed by atoms with E-state index in [1.54, 1.807) is 12.1 Å². The number of rotatable bonds is 3. The molecule has 0 aliphatic heterocycles. The standard InChI is InChI=1S/C12H9IN2O/c13-9-1-3-10(4-2-9)15-8-12-6-5-11(7-14)16-12/h1-6,15H,8H2. The van der Waals surface area contributed by atoms with Crippen molar-refractivity contribution in [3.05, 3.63) is 51.5 Å². The van der Waals surface area contributed by atoms with Gasteiger partial charge in [-0.15, -0.1) is 0 Å². The van der Waals surface area contributed by atoms with E-state index in [1.165, 1.54) is 3.57 Å². The molecule has 1 N–H and O–H groups in total. The Labute approximate surface area is 107 Å². The highest BCUT2D eigenvalue weighted by Gasteiger charge is 2.00. The van der Waals surface area contributed by atoms with Crippen LogP contribution in [0.15, 0.2) is 40.8 Å². The third kappa shape index (κ3) is 2.76. The van der Waals surface area contributed by atoms with E-state index in [0.29, 0.717) is 12.3 Å². The first-order chi connectivity index (χ1) is 7.78. The predicted octanol–water partition coefficient (Wildman–Crippen LogP) is 3.37. The molecule has 0 radical (unpaired) electrons. The molecule has 0 saturated carbocycles. The number of hydrogen-bond acceptors (Lipinski definition) is 3. The predicted molar refractivity (Wildman–Crippen MR) is 69.9 cm³/mol. The second-order valence-electron chi connectivity index (χ2n) is 3.24. The maximum Gasteiger partial charge on any atom is 0.203 e. The molecule has 0 aliphatic carbocycles. The van der Waals surface area contributed by atoms with Crippen molar-refractivity contribution >= 4 is 28.3 Å². The van der Waals surface area contributed by atoms with Crippen molar-refractivity contribution in [2.75, 3.05) is 5.32 Å². The molecule has 16 heavy (non-hydrogen) atoms. The highest BCUT2D eigenvalue weighted by molar-refractivity contribution is 14.1. The normalized spacial score (nSPS) is 9.75. The Hall–Kier alpha value is -1.48. The monoisotopic (exact) mass is 324 g/mol. The fourth-order valence-electron chi connectivity index (χ4n) is 1.29. The van der Waals surface area contributed by atoms with Gasteiger partial charge in [-0.05, 0) is 59.0 Å². The lowest BCUT2D eigenvalue weighted by Crippen LogP contribution is -1.97. The first-order valence-electron chi connectivity index (χ1n) is 4.76. The van der Waals surface area contributed by atoms with Crippen molar-refractivity contribution in [3.63, 3.8) is 0 Å². The molecule has 0 atom stereocenters. The van der Waals surface area contributed by atoms with Gasteiger partial charge in [-0.2, -0.15) is 5.26 Å². The van der Waals surface area contributed by atoms with Crippen molar-refractivity contribution in [2.24, 2.45) is 0 Å². The Morgan fingerprint density at radius 2 is 1.94 bits per heavy atom. The van der Waals surface area contributed by atoms with E-state index in [-0.39, 0.29) is 0 Å². The van der Waals surface area contributed by atoms with Crippen LogP contribution in [-0.4, -0.2) is 0 Å². The van der Waals surface area contributed by atoms with Gasteiger partial charge in [-0.25, -0.2) is 0 Å². The summed E-state index contributed by atoms with van der Waals surface area (Å²) in [5.41, 5.74) is 1.04. The topological polar surface area (TPSA) is 49.0 Å². The lowest BCUT2D eigenvalue weighted by molar-refractivity contribution is 0.506. The first kappa shape index (κ1) is 11.0. The summed E-state index contributed by atoms with van der Waals surface area (Å²) in [5.74, 6) is 1.11. The maximum atomic E-state index is 8.60. The van der Waals surface area contributed by atoms with Gasteiger partial charge in [-0.1, -0.05) is 0 Å². The average Bonchev–Trinajstić information content (AvgIpc) is 2.76. The fourth-order valence-corrected chi connectivity index (χ4v) is 1.65. The van der Waals surface area contributed by atoms with Crippen LogP contribution >= 0.6 is 22.6 Å². The Bertz CT molecular complexity index is 511. The zero-order chi connectivity index (χ0) is 11.4. The Morgan fingerprint density at radius 1 is 1.19 bits per heavy atom. The molecule has 80 valence electrons. The lowest BCUT2D eigenvalue weighted by Gasteiger charge is -2.03. The van der Waals surface area contributed by atoms with E-state index in [2.05, 4.69) is 27.9 Å². The summed E-state index contributed by atoms with van der Waals surface area (Å²) >= 11 is 2.26. The number of halogens is 1. The molecule has 2 rings (SSSR count). The van der Waals surface area contributed by atoms with Gasteiger partial charge >= 0.3 is 0 Å². The van der Waals surface area contributed by atoms with Gasteiger partial charge in [0.1, 0.15) is 11.8 Å². The quantitative estimate of drug-likeness (QED) is 0.881.